The molecule has 0 aliphatic carbocycles. The van der Waals surface area contributed by atoms with E-state index in [-0.39, 0.29) is 11.5 Å². The number of amides is 1. The first-order chi connectivity index (χ1) is 8.97. The summed E-state index contributed by atoms with van der Waals surface area (Å²) in [4.78, 5) is 11.9. The van der Waals surface area contributed by atoms with E-state index in [0.717, 1.165) is 5.56 Å². The SMILES string of the molecule is Cc1ccc(NC(=O)c2ccc(Br)c(F)c2)cc1Cl. The Kier molecular flexibility index (Phi) is 4.22. The summed E-state index contributed by atoms with van der Waals surface area (Å²) in [7, 11) is 0. The molecule has 5 heteroatoms. The zero-order valence-corrected chi connectivity index (χ0v) is 12.3. The predicted octanol–water partition coefficient (Wildman–Crippen LogP) is 4.80. The number of halogens is 3. The Morgan fingerprint density at radius 2 is 2.00 bits per heavy atom. The largest absolute Gasteiger partial charge is 0.322 e. The smallest absolute Gasteiger partial charge is 0.255 e. The fourth-order valence-electron chi connectivity index (χ4n) is 1.51. The molecule has 0 aromatic heterocycles. The summed E-state index contributed by atoms with van der Waals surface area (Å²) in [5.74, 6) is -0.860. The van der Waals surface area contributed by atoms with Crippen LogP contribution in [0.15, 0.2) is 40.9 Å². The summed E-state index contributed by atoms with van der Waals surface area (Å²) < 4.78 is 13.7. The second-order valence-electron chi connectivity index (χ2n) is 4.05. The number of hydrogen-bond acceptors (Lipinski definition) is 1. The molecule has 0 saturated heterocycles. The molecule has 0 aliphatic heterocycles. The van der Waals surface area contributed by atoms with E-state index in [1.165, 1.54) is 18.2 Å². The van der Waals surface area contributed by atoms with Crippen molar-refractivity contribution in [3.63, 3.8) is 0 Å². The van der Waals surface area contributed by atoms with Crippen LogP contribution in [0.4, 0.5) is 10.1 Å². The van der Waals surface area contributed by atoms with Crippen LogP contribution in [0.3, 0.4) is 0 Å². The van der Waals surface area contributed by atoms with Crippen molar-refractivity contribution < 1.29 is 9.18 Å². The lowest BCUT2D eigenvalue weighted by Crippen LogP contribution is -2.12. The summed E-state index contributed by atoms with van der Waals surface area (Å²) in [6, 6.07) is 9.41. The summed E-state index contributed by atoms with van der Waals surface area (Å²) in [5.41, 5.74) is 1.75. The van der Waals surface area contributed by atoms with Gasteiger partial charge >= 0.3 is 0 Å². The van der Waals surface area contributed by atoms with Crippen LogP contribution < -0.4 is 5.32 Å². The van der Waals surface area contributed by atoms with E-state index in [2.05, 4.69) is 21.2 Å². The highest BCUT2D eigenvalue weighted by Crippen LogP contribution is 2.21. The number of rotatable bonds is 2. The van der Waals surface area contributed by atoms with Crippen LogP contribution >= 0.6 is 27.5 Å². The first-order valence-electron chi connectivity index (χ1n) is 5.50. The fourth-order valence-corrected chi connectivity index (χ4v) is 1.94. The zero-order chi connectivity index (χ0) is 14.0. The summed E-state index contributed by atoms with van der Waals surface area (Å²) >= 11 is 9.01. The van der Waals surface area contributed by atoms with E-state index in [9.17, 15) is 9.18 Å². The second kappa shape index (κ2) is 5.72. The third-order valence-electron chi connectivity index (χ3n) is 2.61. The van der Waals surface area contributed by atoms with Gasteiger partial charge in [0.1, 0.15) is 5.82 Å². The molecule has 1 N–H and O–H groups in total. The highest BCUT2D eigenvalue weighted by Gasteiger charge is 2.09. The Balaban J connectivity index is 2.20. The lowest BCUT2D eigenvalue weighted by molar-refractivity contribution is 0.102. The van der Waals surface area contributed by atoms with E-state index in [1.807, 2.05) is 6.92 Å². The van der Waals surface area contributed by atoms with Crippen LogP contribution in [0.1, 0.15) is 15.9 Å². The van der Waals surface area contributed by atoms with E-state index in [1.54, 1.807) is 18.2 Å². The van der Waals surface area contributed by atoms with Gasteiger partial charge in [-0.15, -0.1) is 0 Å². The molecule has 19 heavy (non-hydrogen) atoms. The number of nitrogens with one attached hydrogen (secondary N) is 1. The van der Waals surface area contributed by atoms with Gasteiger partial charge in [-0.05, 0) is 58.7 Å². The van der Waals surface area contributed by atoms with Crippen molar-refractivity contribution in [2.75, 3.05) is 5.32 Å². The summed E-state index contributed by atoms with van der Waals surface area (Å²) in [6.45, 7) is 1.87. The minimum absolute atomic E-state index is 0.248. The van der Waals surface area contributed by atoms with Gasteiger partial charge in [0.2, 0.25) is 0 Å². The van der Waals surface area contributed by atoms with Gasteiger partial charge in [-0.1, -0.05) is 17.7 Å². The molecule has 1 amide bonds. The molecule has 0 saturated carbocycles. The highest BCUT2D eigenvalue weighted by molar-refractivity contribution is 9.10. The van der Waals surface area contributed by atoms with Crippen LogP contribution in [-0.2, 0) is 0 Å². The van der Waals surface area contributed by atoms with Crippen molar-refractivity contribution in [2.24, 2.45) is 0 Å². The lowest BCUT2D eigenvalue weighted by atomic mass is 10.2. The van der Waals surface area contributed by atoms with Crippen LogP contribution in [0.25, 0.3) is 0 Å². The predicted molar refractivity (Wildman–Crippen MR) is 78.2 cm³/mol. The zero-order valence-electron chi connectivity index (χ0n) is 10.0. The molecule has 0 atom stereocenters. The summed E-state index contributed by atoms with van der Waals surface area (Å²) in [6.07, 6.45) is 0. The van der Waals surface area contributed by atoms with E-state index < -0.39 is 5.82 Å². The van der Waals surface area contributed by atoms with E-state index in [0.29, 0.717) is 15.2 Å². The van der Waals surface area contributed by atoms with Crippen molar-refractivity contribution in [1.82, 2.24) is 0 Å². The van der Waals surface area contributed by atoms with Gasteiger partial charge < -0.3 is 5.32 Å². The molecule has 0 bridgehead atoms. The van der Waals surface area contributed by atoms with Gasteiger partial charge in [-0.25, -0.2) is 4.39 Å². The van der Waals surface area contributed by atoms with Crippen LogP contribution in [0.5, 0.6) is 0 Å². The van der Waals surface area contributed by atoms with Gasteiger partial charge in [0, 0.05) is 16.3 Å². The standard InChI is InChI=1S/C14H10BrClFNO/c1-8-2-4-10(7-12(8)16)18-14(19)9-3-5-11(15)13(17)6-9/h2-7H,1H3,(H,18,19). The molecule has 0 aliphatic rings. The topological polar surface area (TPSA) is 29.1 Å². The summed E-state index contributed by atoms with van der Waals surface area (Å²) in [5, 5.41) is 3.24. The molecule has 0 spiro atoms. The molecule has 0 unspecified atom stereocenters. The van der Waals surface area contributed by atoms with Gasteiger partial charge in [0.05, 0.1) is 4.47 Å². The monoisotopic (exact) mass is 341 g/mol. The number of aryl methyl sites for hydroxylation is 1. The molecular formula is C14H10BrClFNO. The molecule has 98 valence electrons. The Hall–Kier alpha value is -1.39. The number of anilines is 1. The number of benzene rings is 2. The van der Waals surface area contributed by atoms with Crippen molar-refractivity contribution >= 4 is 39.1 Å². The quantitative estimate of drug-likeness (QED) is 0.834. The van der Waals surface area contributed by atoms with E-state index >= 15 is 0 Å². The maximum Gasteiger partial charge on any atom is 0.255 e. The lowest BCUT2D eigenvalue weighted by Gasteiger charge is -2.07. The minimum Gasteiger partial charge on any atom is -0.322 e. The third kappa shape index (κ3) is 3.33. The number of hydrogen-bond donors (Lipinski definition) is 1. The molecule has 2 aromatic rings. The van der Waals surface area contributed by atoms with Gasteiger partial charge in [-0.2, -0.15) is 0 Å². The molecule has 2 rings (SSSR count). The maximum atomic E-state index is 13.3. The second-order valence-corrected chi connectivity index (χ2v) is 5.31. The Morgan fingerprint density at radius 3 is 2.63 bits per heavy atom. The molecular weight excluding hydrogens is 333 g/mol. The van der Waals surface area contributed by atoms with Crippen molar-refractivity contribution in [3.8, 4) is 0 Å². The molecule has 0 heterocycles. The van der Waals surface area contributed by atoms with Crippen LogP contribution in [0, 0.1) is 12.7 Å². The molecule has 2 aromatic carbocycles. The third-order valence-corrected chi connectivity index (χ3v) is 3.66. The molecule has 0 fully saturated rings. The van der Waals surface area contributed by atoms with Gasteiger partial charge in [-0.3, -0.25) is 4.79 Å². The first kappa shape index (κ1) is 14.0. The van der Waals surface area contributed by atoms with Crippen molar-refractivity contribution in [1.29, 1.82) is 0 Å². The van der Waals surface area contributed by atoms with Gasteiger partial charge in [0.25, 0.3) is 5.91 Å². The Bertz CT molecular complexity index is 645. The average molecular weight is 343 g/mol. The first-order valence-corrected chi connectivity index (χ1v) is 6.67. The molecule has 0 radical (unpaired) electrons. The maximum absolute atomic E-state index is 13.3. The van der Waals surface area contributed by atoms with Crippen molar-refractivity contribution in [3.05, 3.63) is 62.8 Å². The number of carbonyl (C=O) groups excluding carboxylic acids is 1. The number of carbonyl (C=O) groups is 1. The fraction of sp³-hybridized carbons (Fsp3) is 0.0714. The van der Waals surface area contributed by atoms with Crippen molar-refractivity contribution in [2.45, 2.75) is 6.92 Å². The van der Waals surface area contributed by atoms with E-state index in [4.69, 9.17) is 11.6 Å². The normalized spacial score (nSPS) is 10.3. The minimum atomic E-state index is -0.477. The van der Waals surface area contributed by atoms with Gasteiger partial charge in [0.15, 0.2) is 0 Å². The van der Waals surface area contributed by atoms with Crippen LogP contribution in [-0.4, -0.2) is 5.91 Å². The molecule has 2 nitrogen and oxygen atoms in total. The Morgan fingerprint density at radius 1 is 1.26 bits per heavy atom. The van der Waals surface area contributed by atoms with Crippen LogP contribution in [0.2, 0.25) is 5.02 Å². The highest BCUT2D eigenvalue weighted by atomic mass is 79.9. The average Bonchev–Trinajstić information content (AvgIpc) is 2.37. The Labute approximate surface area is 123 Å².